The number of halogens is 1. The first-order chi connectivity index (χ1) is 9.97. The molecule has 5 heteroatoms. The first-order valence-corrected chi connectivity index (χ1v) is 7.59. The van der Waals surface area contributed by atoms with E-state index in [1.165, 1.54) is 18.4 Å². The van der Waals surface area contributed by atoms with Crippen LogP contribution in [-0.4, -0.2) is 50.6 Å². The Hall–Kier alpha value is -0.980. The lowest BCUT2D eigenvalue weighted by atomic mass is 10.1. The lowest BCUT2D eigenvalue weighted by molar-refractivity contribution is 0.296. The predicted molar refractivity (Wildman–Crippen MR) is 103 cm³/mol. The average molecular weight is 417 g/mol. The largest absolute Gasteiger partial charge is 0.493 e. The maximum atomic E-state index is 6.00. The Kier molecular flexibility index (Phi) is 7.45. The second kappa shape index (κ2) is 8.60. The molecule has 0 N–H and O–H groups in total. The summed E-state index contributed by atoms with van der Waals surface area (Å²) in [6.07, 6.45) is 2.62. The fraction of sp³-hybridized carbons (Fsp3) is 0.588. The smallest absolute Gasteiger partial charge is 0.195 e. The zero-order chi connectivity index (χ0) is 15.4. The van der Waals surface area contributed by atoms with E-state index < -0.39 is 0 Å². The van der Waals surface area contributed by atoms with E-state index in [0.29, 0.717) is 6.54 Å². The van der Waals surface area contributed by atoms with E-state index >= 15 is 0 Å². The summed E-state index contributed by atoms with van der Waals surface area (Å²) < 4.78 is 6.00. The van der Waals surface area contributed by atoms with Crippen molar-refractivity contribution in [2.24, 2.45) is 10.9 Å². The molecule has 0 radical (unpaired) electrons. The van der Waals surface area contributed by atoms with Crippen LogP contribution < -0.4 is 4.74 Å². The fourth-order valence-corrected chi connectivity index (χ4v) is 2.26. The molecule has 124 valence electrons. The Morgan fingerprint density at radius 2 is 1.82 bits per heavy atom. The monoisotopic (exact) mass is 417 g/mol. The second-order valence-corrected chi connectivity index (χ2v) is 6.27. The third-order valence-electron chi connectivity index (χ3n) is 3.58. The number of nitrogens with zero attached hydrogens (tertiary/aromatic N) is 3. The van der Waals surface area contributed by atoms with Gasteiger partial charge in [-0.25, -0.2) is 4.99 Å². The van der Waals surface area contributed by atoms with E-state index in [0.717, 1.165) is 29.8 Å². The van der Waals surface area contributed by atoms with E-state index in [2.05, 4.69) is 25.1 Å². The SMILES string of the molecule is Cc1ccc(CN=C(N(C)C)N(C)C)c(OCC2CC2)c1.I. The molecule has 1 fully saturated rings. The Balaban J connectivity index is 0.00000242. The number of rotatable bonds is 5. The standard InChI is InChI=1S/C17H27N3O.HI/c1-13-6-9-15(11-18-17(19(2)3)20(4)5)16(10-13)21-12-14-7-8-14;/h6,9-10,14H,7-8,11-12H2,1-5H3;1H. The van der Waals surface area contributed by atoms with Crippen molar-refractivity contribution in [3.63, 3.8) is 0 Å². The van der Waals surface area contributed by atoms with Crippen molar-refractivity contribution in [2.45, 2.75) is 26.3 Å². The molecule has 0 aliphatic heterocycles. The van der Waals surface area contributed by atoms with Gasteiger partial charge in [0.25, 0.3) is 0 Å². The van der Waals surface area contributed by atoms with Crippen molar-refractivity contribution in [1.82, 2.24) is 9.80 Å². The number of aryl methyl sites for hydroxylation is 1. The second-order valence-electron chi connectivity index (χ2n) is 6.27. The van der Waals surface area contributed by atoms with Gasteiger partial charge < -0.3 is 14.5 Å². The maximum Gasteiger partial charge on any atom is 0.195 e. The van der Waals surface area contributed by atoms with Gasteiger partial charge in [-0.1, -0.05) is 12.1 Å². The van der Waals surface area contributed by atoms with Crippen molar-refractivity contribution in [3.05, 3.63) is 29.3 Å². The summed E-state index contributed by atoms with van der Waals surface area (Å²) >= 11 is 0. The normalized spacial score (nSPS) is 13.1. The minimum atomic E-state index is 0. The molecule has 0 aromatic heterocycles. The molecule has 1 aliphatic rings. The highest BCUT2D eigenvalue weighted by Crippen LogP contribution is 2.31. The van der Waals surface area contributed by atoms with Crippen LogP contribution in [0.5, 0.6) is 5.75 Å². The molecule has 0 spiro atoms. The van der Waals surface area contributed by atoms with Crippen molar-refractivity contribution >= 4 is 29.9 Å². The summed E-state index contributed by atoms with van der Waals surface area (Å²) in [5.74, 6) is 2.72. The molecule has 1 aliphatic carbocycles. The average Bonchev–Trinajstić information content (AvgIpc) is 3.21. The van der Waals surface area contributed by atoms with Crippen molar-refractivity contribution in [3.8, 4) is 5.75 Å². The van der Waals surface area contributed by atoms with Gasteiger partial charge in [-0.2, -0.15) is 0 Å². The molecule has 22 heavy (non-hydrogen) atoms. The Morgan fingerprint density at radius 3 is 2.36 bits per heavy atom. The van der Waals surface area contributed by atoms with Crippen molar-refractivity contribution in [1.29, 1.82) is 0 Å². The van der Waals surface area contributed by atoms with Crippen LogP contribution in [0.15, 0.2) is 23.2 Å². The van der Waals surface area contributed by atoms with E-state index in [4.69, 9.17) is 9.73 Å². The minimum absolute atomic E-state index is 0. The van der Waals surface area contributed by atoms with Gasteiger partial charge >= 0.3 is 0 Å². The molecule has 0 unspecified atom stereocenters. The Labute approximate surface area is 151 Å². The van der Waals surface area contributed by atoms with E-state index in [1.807, 2.05) is 38.0 Å². The lowest BCUT2D eigenvalue weighted by Crippen LogP contribution is -2.35. The molecule has 2 rings (SSSR count). The van der Waals surface area contributed by atoms with Gasteiger partial charge in [0.15, 0.2) is 5.96 Å². The summed E-state index contributed by atoms with van der Waals surface area (Å²) in [4.78, 5) is 8.77. The first-order valence-electron chi connectivity index (χ1n) is 7.59. The van der Waals surface area contributed by atoms with Crippen LogP contribution in [0.25, 0.3) is 0 Å². The highest BCUT2D eigenvalue weighted by atomic mass is 127. The predicted octanol–water partition coefficient (Wildman–Crippen LogP) is 3.38. The quantitative estimate of drug-likeness (QED) is 0.418. The maximum absolute atomic E-state index is 6.00. The highest BCUT2D eigenvalue weighted by molar-refractivity contribution is 14.0. The topological polar surface area (TPSA) is 28.1 Å². The summed E-state index contributed by atoms with van der Waals surface area (Å²) in [7, 11) is 8.05. The first kappa shape index (κ1) is 19.1. The number of hydrogen-bond donors (Lipinski definition) is 0. The van der Waals surface area contributed by atoms with Crippen LogP contribution in [0.2, 0.25) is 0 Å². The fourth-order valence-electron chi connectivity index (χ4n) is 2.26. The molecule has 1 saturated carbocycles. The van der Waals surface area contributed by atoms with Gasteiger partial charge in [-0.3, -0.25) is 0 Å². The van der Waals surface area contributed by atoms with Crippen LogP contribution in [0.1, 0.15) is 24.0 Å². The zero-order valence-electron chi connectivity index (χ0n) is 14.3. The molecule has 0 bridgehead atoms. The molecule has 0 atom stereocenters. The van der Waals surface area contributed by atoms with Crippen LogP contribution in [0.3, 0.4) is 0 Å². The van der Waals surface area contributed by atoms with Gasteiger partial charge in [-0.05, 0) is 37.3 Å². The molecule has 1 aromatic carbocycles. The lowest BCUT2D eigenvalue weighted by Gasteiger charge is -2.23. The number of hydrogen-bond acceptors (Lipinski definition) is 2. The molecular weight excluding hydrogens is 389 g/mol. The van der Waals surface area contributed by atoms with E-state index in [-0.39, 0.29) is 24.0 Å². The minimum Gasteiger partial charge on any atom is -0.493 e. The van der Waals surface area contributed by atoms with Crippen LogP contribution >= 0.6 is 24.0 Å². The third kappa shape index (κ3) is 5.66. The number of aliphatic imine (C=N–C) groups is 1. The van der Waals surface area contributed by atoms with Crippen molar-refractivity contribution < 1.29 is 4.74 Å². The molecule has 0 amide bonds. The van der Waals surface area contributed by atoms with Crippen molar-refractivity contribution in [2.75, 3.05) is 34.8 Å². The van der Waals surface area contributed by atoms with E-state index in [1.54, 1.807) is 0 Å². The van der Waals surface area contributed by atoms with Gasteiger partial charge in [0.1, 0.15) is 5.75 Å². The van der Waals surface area contributed by atoms with Crippen LogP contribution in [0.4, 0.5) is 0 Å². The molecule has 0 heterocycles. The van der Waals surface area contributed by atoms with Gasteiger partial charge in [-0.15, -0.1) is 24.0 Å². The third-order valence-corrected chi connectivity index (χ3v) is 3.58. The van der Waals surface area contributed by atoms with Crippen LogP contribution in [-0.2, 0) is 6.54 Å². The summed E-state index contributed by atoms with van der Waals surface area (Å²) in [5.41, 5.74) is 2.39. The highest BCUT2D eigenvalue weighted by Gasteiger charge is 2.22. The molecule has 4 nitrogen and oxygen atoms in total. The molecular formula is C17H28IN3O. The molecule has 1 aromatic rings. The van der Waals surface area contributed by atoms with E-state index in [9.17, 15) is 0 Å². The van der Waals surface area contributed by atoms with Gasteiger partial charge in [0.05, 0.1) is 13.2 Å². The van der Waals surface area contributed by atoms with Gasteiger partial charge in [0, 0.05) is 33.8 Å². The number of benzene rings is 1. The Morgan fingerprint density at radius 1 is 1.18 bits per heavy atom. The number of ether oxygens (including phenoxy) is 1. The molecule has 0 saturated heterocycles. The number of guanidine groups is 1. The Bertz CT molecular complexity index is 501. The van der Waals surface area contributed by atoms with Crippen LogP contribution in [0, 0.1) is 12.8 Å². The summed E-state index contributed by atoms with van der Waals surface area (Å²) in [5, 5.41) is 0. The van der Waals surface area contributed by atoms with Gasteiger partial charge in [0.2, 0.25) is 0 Å². The summed E-state index contributed by atoms with van der Waals surface area (Å²) in [6, 6.07) is 6.38. The summed E-state index contributed by atoms with van der Waals surface area (Å²) in [6.45, 7) is 3.59. The zero-order valence-corrected chi connectivity index (χ0v) is 16.6.